The number of sulfonamides is 1. The van der Waals surface area contributed by atoms with Crippen molar-refractivity contribution >= 4 is 15.7 Å². The molecule has 7 nitrogen and oxygen atoms in total. The monoisotopic (exact) mass is 296 g/mol. The highest BCUT2D eigenvalue weighted by molar-refractivity contribution is 7.89. The number of nitrogens with one attached hydrogen (secondary N) is 1. The number of rotatable bonds is 4. The van der Waals surface area contributed by atoms with Crippen molar-refractivity contribution < 1.29 is 13.5 Å². The predicted octanol–water partition coefficient (Wildman–Crippen LogP) is 0.495. The van der Waals surface area contributed by atoms with Crippen LogP contribution in [-0.4, -0.2) is 23.3 Å². The summed E-state index contributed by atoms with van der Waals surface area (Å²) >= 11 is 0. The van der Waals surface area contributed by atoms with Crippen LogP contribution in [0, 0.1) is 6.92 Å². The third-order valence-corrected chi connectivity index (χ3v) is 4.28. The fraction of sp³-hybridized carbons (Fsp3) is 0.250. The van der Waals surface area contributed by atoms with Gasteiger partial charge >= 0.3 is 0 Å². The first-order valence-corrected chi connectivity index (χ1v) is 7.35. The van der Waals surface area contributed by atoms with Crippen molar-refractivity contribution in [1.29, 1.82) is 0 Å². The van der Waals surface area contributed by atoms with Gasteiger partial charge in [-0.1, -0.05) is 0 Å². The summed E-state index contributed by atoms with van der Waals surface area (Å²) in [5.41, 5.74) is 7.07. The van der Waals surface area contributed by atoms with E-state index in [-0.39, 0.29) is 22.9 Å². The maximum Gasteiger partial charge on any atom is 0.240 e. The Labute approximate surface area is 117 Å². The fourth-order valence-electron chi connectivity index (χ4n) is 1.78. The molecular formula is C12H16N4O3S. The quantitative estimate of drug-likeness (QED) is 0.562. The van der Waals surface area contributed by atoms with E-state index in [9.17, 15) is 13.5 Å². The van der Waals surface area contributed by atoms with Gasteiger partial charge in [0.15, 0.2) is 0 Å². The van der Waals surface area contributed by atoms with Gasteiger partial charge in [0, 0.05) is 25.4 Å². The summed E-state index contributed by atoms with van der Waals surface area (Å²) in [4.78, 5) is 0.00865. The molecule has 0 atom stereocenters. The van der Waals surface area contributed by atoms with E-state index in [0.29, 0.717) is 0 Å². The van der Waals surface area contributed by atoms with Crippen molar-refractivity contribution in [3.8, 4) is 5.75 Å². The molecule has 0 fully saturated rings. The molecule has 1 aromatic carbocycles. The van der Waals surface area contributed by atoms with Crippen LogP contribution in [0.2, 0.25) is 0 Å². The standard InChI is InChI=1S/C12H16N4O3S/c1-8-9(7-16(2)15-8)6-14-20(18,19)10-3-4-12(17)11(13)5-10/h3-5,7,14,17H,6,13H2,1-2H3. The summed E-state index contributed by atoms with van der Waals surface area (Å²) < 4.78 is 28.3. The number of hydrogen-bond donors (Lipinski definition) is 3. The lowest BCUT2D eigenvalue weighted by molar-refractivity contribution is 0.477. The van der Waals surface area contributed by atoms with Gasteiger partial charge in [0.05, 0.1) is 16.3 Å². The van der Waals surface area contributed by atoms with Crippen molar-refractivity contribution in [3.05, 3.63) is 35.7 Å². The number of aryl methyl sites for hydroxylation is 2. The summed E-state index contributed by atoms with van der Waals surface area (Å²) in [5.74, 6) is -0.146. The SMILES string of the molecule is Cc1nn(C)cc1CNS(=O)(=O)c1ccc(O)c(N)c1. The van der Waals surface area contributed by atoms with Gasteiger partial charge in [-0.05, 0) is 25.1 Å². The van der Waals surface area contributed by atoms with E-state index < -0.39 is 10.0 Å². The van der Waals surface area contributed by atoms with Gasteiger partial charge in [0.25, 0.3) is 0 Å². The first-order valence-electron chi connectivity index (χ1n) is 5.87. The van der Waals surface area contributed by atoms with E-state index in [1.807, 2.05) is 6.92 Å². The van der Waals surface area contributed by atoms with E-state index in [1.165, 1.54) is 18.2 Å². The van der Waals surface area contributed by atoms with Crippen LogP contribution in [0.1, 0.15) is 11.3 Å². The van der Waals surface area contributed by atoms with Crippen LogP contribution in [0.3, 0.4) is 0 Å². The zero-order valence-electron chi connectivity index (χ0n) is 11.2. The van der Waals surface area contributed by atoms with Crippen LogP contribution < -0.4 is 10.5 Å². The zero-order chi connectivity index (χ0) is 14.9. The fourth-order valence-corrected chi connectivity index (χ4v) is 2.82. The molecule has 0 amide bonds. The second-order valence-electron chi connectivity index (χ2n) is 4.46. The van der Waals surface area contributed by atoms with Crippen molar-refractivity contribution in [2.75, 3.05) is 5.73 Å². The molecule has 0 aliphatic rings. The molecule has 0 radical (unpaired) electrons. The van der Waals surface area contributed by atoms with E-state index in [1.54, 1.807) is 17.9 Å². The van der Waals surface area contributed by atoms with Gasteiger partial charge in [0.1, 0.15) is 5.75 Å². The molecule has 1 aromatic heterocycles. The molecule has 0 saturated carbocycles. The highest BCUT2D eigenvalue weighted by Gasteiger charge is 2.16. The summed E-state index contributed by atoms with van der Waals surface area (Å²) in [6, 6.07) is 3.76. The minimum atomic E-state index is -3.68. The van der Waals surface area contributed by atoms with Crippen molar-refractivity contribution in [1.82, 2.24) is 14.5 Å². The Kier molecular flexibility index (Phi) is 3.69. The Balaban J connectivity index is 2.19. The second-order valence-corrected chi connectivity index (χ2v) is 6.23. The van der Waals surface area contributed by atoms with Gasteiger partial charge < -0.3 is 10.8 Å². The van der Waals surface area contributed by atoms with Gasteiger partial charge in [-0.2, -0.15) is 5.10 Å². The Morgan fingerprint density at radius 1 is 1.45 bits per heavy atom. The van der Waals surface area contributed by atoms with E-state index in [4.69, 9.17) is 5.73 Å². The van der Waals surface area contributed by atoms with E-state index in [2.05, 4.69) is 9.82 Å². The molecule has 2 aromatic rings. The maximum atomic E-state index is 12.1. The third kappa shape index (κ3) is 2.91. The van der Waals surface area contributed by atoms with Gasteiger partial charge in [-0.15, -0.1) is 0 Å². The number of aromatic nitrogens is 2. The first kappa shape index (κ1) is 14.4. The molecule has 8 heteroatoms. The third-order valence-electron chi connectivity index (χ3n) is 2.88. The molecule has 0 saturated heterocycles. The van der Waals surface area contributed by atoms with Crippen molar-refractivity contribution in [3.63, 3.8) is 0 Å². The second kappa shape index (κ2) is 5.14. The summed E-state index contributed by atoms with van der Waals surface area (Å²) in [6.45, 7) is 1.95. The number of phenolic OH excluding ortho intramolecular Hbond substituents is 1. The average molecular weight is 296 g/mol. The maximum absolute atomic E-state index is 12.1. The number of phenols is 1. The summed E-state index contributed by atoms with van der Waals surface area (Å²) in [7, 11) is -1.91. The van der Waals surface area contributed by atoms with Crippen LogP contribution in [0.5, 0.6) is 5.75 Å². The van der Waals surface area contributed by atoms with Crippen LogP contribution in [0.25, 0.3) is 0 Å². The number of benzene rings is 1. The van der Waals surface area contributed by atoms with Crippen LogP contribution in [0.15, 0.2) is 29.3 Å². The lowest BCUT2D eigenvalue weighted by atomic mass is 10.3. The molecule has 0 bridgehead atoms. The molecule has 4 N–H and O–H groups in total. The molecule has 0 aliphatic carbocycles. The zero-order valence-corrected chi connectivity index (χ0v) is 12.0. The number of nitrogen functional groups attached to an aromatic ring is 1. The Bertz CT molecular complexity index is 737. The Hall–Kier alpha value is -2.06. The molecule has 0 aliphatic heterocycles. The van der Waals surface area contributed by atoms with Gasteiger partial charge in [-0.25, -0.2) is 13.1 Å². The Morgan fingerprint density at radius 2 is 2.15 bits per heavy atom. The number of nitrogens with two attached hydrogens (primary N) is 1. The molecule has 1 heterocycles. The number of nitrogens with zero attached hydrogens (tertiary/aromatic N) is 2. The van der Waals surface area contributed by atoms with Gasteiger partial charge in [0.2, 0.25) is 10.0 Å². The van der Waals surface area contributed by atoms with Gasteiger partial charge in [-0.3, -0.25) is 4.68 Å². The van der Waals surface area contributed by atoms with Crippen molar-refractivity contribution in [2.45, 2.75) is 18.4 Å². The molecule has 2 rings (SSSR count). The smallest absolute Gasteiger partial charge is 0.240 e. The molecular weight excluding hydrogens is 280 g/mol. The van der Waals surface area contributed by atoms with E-state index in [0.717, 1.165) is 11.3 Å². The van der Waals surface area contributed by atoms with Crippen LogP contribution in [-0.2, 0) is 23.6 Å². The topological polar surface area (TPSA) is 110 Å². The Morgan fingerprint density at radius 3 is 2.70 bits per heavy atom. The average Bonchev–Trinajstić information content (AvgIpc) is 2.69. The molecule has 20 heavy (non-hydrogen) atoms. The largest absolute Gasteiger partial charge is 0.506 e. The highest BCUT2D eigenvalue weighted by Crippen LogP contribution is 2.23. The number of aromatic hydroxyl groups is 1. The molecule has 0 spiro atoms. The predicted molar refractivity (Wildman–Crippen MR) is 74.5 cm³/mol. The first-order chi connectivity index (χ1) is 9.29. The minimum absolute atomic E-state index is 0.00865. The van der Waals surface area contributed by atoms with Crippen molar-refractivity contribution in [2.24, 2.45) is 7.05 Å². The minimum Gasteiger partial charge on any atom is -0.506 e. The molecule has 0 unspecified atom stereocenters. The summed E-state index contributed by atoms with van der Waals surface area (Å²) in [5, 5.41) is 13.4. The lowest BCUT2D eigenvalue weighted by Crippen LogP contribution is -2.23. The van der Waals surface area contributed by atoms with E-state index >= 15 is 0 Å². The summed E-state index contributed by atoms with van der Waals surface area (Å²) in [6.07, 6.45) is 1.75. The number of hydrogen-bond acceptors (Lipinski definition) is 5. The normalized spacial score (nSPS) is 11.7. The lowest BCUT2D eigenvalue weighted by Gasteiger charge is -2.07. The molecule has 108 valence electrons. The van der Waals surface area contributed by atoms with Crippen LogP contribution in [0.4, 0.5) is 5.69 Å². The highest BCUT2D eigenvalue weighted by atomic mass is 32.2. The van der Waals surface area contributed by atoms with Crippen LogP contribution >= 0.6 is 0 Å². The number of anilines is 1.